The quantitative estimate of drug-likeness (QED) is 0.334. The minimum atomic E-state index is -1.45. The maximum absolute atomic E-state index is 13.8. The Kier molecular flexibility index (Phi) is 6.70. The summed E-state index contributed by atoms with van der Waals surface area (Å²) in [6, 6.07) is 37.3. The minimum Gasteiger partial charge on any atom is -0.452 e. The average Bonchev–Trinajstić information content (AvgIpc) is 2.85. The highest BCUT2D eigenvalue weighted by Crippen LogP contribution is 2.39. The van der Waals surface area contributed by atoms with Crippen molar-refractivity contribution >= 4 is 16.8 Å². The summed E-state index contributed by atoms with van der Waals surface area (Å²) in [7, 11) is -1.45. The van der Waals surface area contributed by atoms with Crippen LogP contribution in [0.4, 0.5) is 0 Å². The first-order valence-electron chi connectivity index (χ1n) is 10.1. The van der Waals surface area contributed by atoms with Gasteiger partial charge in [0.25, 0.3) is 0 Å². The van der Waals surface area contributed by atoms with Gasteiger partial charge in [-0.3, -0.25) is 4.21 Å². The minimum absolute atomic E-state index is 0.444. The van der Waals surface area contributed by atoms with Gasteiger partial charge in [-0.1, -0.05) is 97.1 Å². The standard InChI is InChI=1S/C27H22O3S/c28-27(23-17-9-3-10-18-23)30-25(21-13-5-1-6-14-21)26(22-15-7-2-8-16-22)31(29)24-19-11-4-12-20-24/h1-20,25-26H. The number of ether oxygens (including phenoxy) is 1. The van der Waals surface area contributed by atoms with Crippen LogP contribution in [0.5, 0.6) is 0 Å². The first kappa shape index (κ1) is 20.8. The van der Waals surface area contributed by atoms with E-state index in [-0.39, 0.29) is 0 Å². The SMILES string of the molecule is O=C(OC(c1ccccc1)C(c1ccccc1)S(=O)c1ccccc1)c1ccccc1. The maximum Gasteiger partial charge on any atom is 0.338 e. The summed E-state index contributed by atoms with van der Waals surface area (Å²) < 4.78 is 19.8. The number of rotatable bonds is 7. The van der Waals surface area contributed by atoms with Gasteiger partial charge in [0.1, 0.15) is 11.4 Å². The van der Waals surface area contributed by atoms with Gasteiger partial charge < -0.3 is 4.74 Å². The van der Waals surface area contributed by atoms with Gasteiger partial charge in [0.15, 0.2) is 0 Å². The molecule has 0 saturated carbocycles. The van der Waals surface area contributed by atoms with E-state index in [1.54, 1.807) is 24.3 Å². The molecule has 0 radical (unpaired) electrons. The van der Waals surface area contributed by atoms with Gasteiger partial charge in [-0.15, -0.1) is 0 Å². The molecule has 0 heterocycles. The van der Waals surface area contributed by atoms with Crippen LogP contribution in [-0.2, 0) is 15.5 Å². The Morgan fingerprint density at radius 2 is 1.06 bits per heavy atom. The lowest BCUT2D eigenvalue weighted by Gasteiger charge is -2.27. The third kappa shape index (κ3) is 4.98. The number of carbonyl (C=O) groups is 1. The Balaban J connectivity index is 1.80. The van der Waals surface area contributed by atoms with Crippen molar-refractivity contribution in [3.8, 4) is 0 Å². The Hall–Kier alpha value is -3.50. The second-order valence-corrected chi connectivity index (χ2v) is 8.62. The van der Waals surface area contributed by atoms with Gasteiger partial charge in [-0.25, -0.2) is 4.79 Å². The smallest absolute Gasteiger partial charge is 0.338 e. The molecule has 0 spiro atoms. The molecule has 0 aliphatic heterocycles. The van der Waals surface area contributed by atoms with Crippen molar-refractivity contribution in [2.75, 3.05) is 0 Å². The first-order chi connectivity index (χ1) is 15.2. The van der Waals surface area contributed by atoms with Crippen LogP contribution in [0, 0.1) is 0 Å². The molecule has 3 unspecified atom stereocenters. The lowest BCUT2D eigenvalue weighted by molar-refractivity contribution is 0.0287. The van der Waals surface area contributed by atoms with Crippen LogP contribution in [0.1, 0.15) is 32.8 Å². The Labute approximate surface area is 184 Å². The van der Waals surface area contributed by atoms with Gasteiger partial charge in [0.2, 0.25) is 0 Å². The van der Waals surface area contributed by atoms with Crippen LogP contribution in [-0.4, -0.2) is 10.2 Å². The molecule has 0 aromatic heterocycles. The normalized spacial score (nSPS) is 13.7. The number of hydrogen-bond donors (Lipinski definition) is 0. The van der Waals surface area contributed by atoms with E-state index in [1.807, 2.05) is 97.1 Å². The largest absolute Gasteiger partial charge is 0.452 e. The molecule has 0 aliphatic rings. The van der Waals surface area contributed by atoms with Crippen LogP contribution < -0.4 is 0 Å². The van der Waals surface area contributed by atoms with Crippen molar-refractivity contribution < 1.29 is 13.7 Å². The fourth-order valence-electron chi connectivity index (χ4n) is 3.46. The van der Waals surface area contributed by atoms with Crippen LogP contribution in [0.3, 0.4) is 0 Å². The number of carbonyl (C=O) groups excluding carboxylic acids is 1. The summed E-state index contributed by atoms with van der Waals surface area (Å²) in [4.78, 5) is 13.7. The molecule has 4 heteroatoms. The summed E-state index contributed by atoms with van der Waals surface area (Å²) >= 11 is 0. The highest BCUT2D eigenvalue weighted by Gasteiger charge is 2.34. The van der Waals surface area contributed by atoms with E-state index in [9.17, 15) is 9.00 Å². The van der Waals surface area contributed by atoms with Crippen molar-refractivity contribution in [3.05, 3.63) is 138 Å². The number of esters is 1. The van der Waals surface area contributed by atoms with Gasteiger partial charge >= 0.3 is 5.97 Å². The van der Waals surface area contributed by atoms with Gasteiger partial charge in [-0.05, 0) is 35.4 Å². The average molecular weight is 427 g/mol. The van der Waals surface area contributed by atoms with E-state index in [2.05, 4.69) is 0 Å². The fourth-order valence-corrected chi connectivity index (χ4v) is 5.02. The summed E-state index contributed by atoms with van der Waals surface area (Å²) in [5.41, 5.74) is 2.10. The van der Waals surface area contributed by atoms with Crippen molar-refractivity contribution in [1.82, 2.24) is 0 Å². The molecule has 0 bridgehead atoms. The predicted octanol–water partition coefficient (Wildman–Crippen LogP) is 6.13. The summed E-state index contributed by atoms with van der Waals surface area (Å²) in [5, 5.41) is -0.571. The van der Waals surface area contributed by atoms with E-state index in [4.69, 9.17) is 4.74 Å². The number of benzene rings is 4. The maximum atomic E-state index is 13.8. The highest BCUT2D eigenvalue weighted by atomic mass is 32.2. The lowest BCUT2D eigenvalue weighted by atomic mass is 10.0. The lowest BCUT2D eigenvalue weighted by Crippen LogP contribution is -2.22. The van der Waals surface area contributed by atoms with E-state index in [0.29, 0.717) is 10.5 Å². The molecule has 0 fully saturated rings. The summed E-state index contributed by atoms with van der Waals surface area (Å²) in [5.74, 6) is -0.444. The summed E-state index contributed by atoms with van der Waals surface area (Å²) in [6.45, 7) is 0. The Morgan fingerprint density at radius 3 is 1.61 bits per heavy atom. The molecule has 31 heavy (non-hydrogen) atoms. The zero-order chi connectivity index (χ0) is 21.5. The first-order valence-corrected chi connectivity index (χ1v) is 11.3. The highest BCUT2D eigenvalue weighted by molar-refractivity contribution is 7.85. The zero-order valence-corrected chi connectivity index (χ0v) is 17.7. The van der Waals surface area contributed by atoms with E-state index in [1.165, 1.54) is 0 Å². The third-order valence-electron chi connectivity index (χ3n) is 4.98. The van der Waals surface area contributed by atoms with Gasteiger partial charge in [0.05, 0.1) is 16.4 Å². The molecule has 4 aromatic rings. The van der Waals surface area contributed by atoms with Gasteiger partial charge in [-0.2, -0.15) is 0 Å². The van der Waals surface area contributed by atoms with E-state index < -0.39 is 28.1 Å². The number of hydrogen-bond acceptors (Lipinski definition) is 3. The van der Waals surface area contributed by atoms with E-state index >= 15 is 0 Å². The molecule has 4 rings (SSSR count). The molecule has 4 aromatic carbocycles. The molecule has 0 N–H and O–H groups in total. The Morgan fingerprint density at radius 1 is 0.613 bits per heavy atom. The predicted molar refractivity (Wildman–Crippen MR) is 123 cm³/mol. The zero-order valence-electron chi connectivity index (χ0n) is 16.8. The second-order valence-electron chi connectivity index (χ2n) is 7.04. The van der Waals surface area contributed by atoms with Crippen LogP contribution in [0.2, 0.25) is 0 Å². The summed E-state index contributed by atoms with van der Waals surface area (Å²) in [6.07, 6.45) is -0.725. The topological polar surface area (TPSA) is 43.4 Å². The fraction of sp³-hybridized carbons (Fsp3) is 0.0741. The Bertz CT molecular complexity index is 1130. The monoisotopic (exact) mass is 426 g/mol. The molecule has 3 nitrogen and oxygen atoms in total. The molecule has 154 valence electrons. The molecule has 0 saturated heterocycles. The molecular weight excluding hydrogens is 404 g/mol. The molecule has 0 amide bonds. The van der Waals surface area contributed by atoms with Gasteiger partial charge in [0, 0.05) is 4.90 Å². The third-order valence-corrected chi connectivity index (χ3v) is 6.70. The molecule has 0 aliphatic carbocycles. The van der Waals surface area contributed by atoms with Crippen molar-refractivity contribution in [3.63, 3.8) is 0 Å². The van der Waals surface area contributed by atoms with E-state index in [0.717, 1.165) is 11.1 Å². The molecule has 3 atom stereocenters. The van der Waals surface area contributed by atoms with Crippen molar-refractivity contribution in [2.24, 2.45) is 0 Å². The van der Waals surface area contributed by atoms with Crippen LogP contribution in [0.25, 0.3) is 0 Å². The molecular formula is C27H22O3S. The van der Waals surface area contributed by atoms with Crippen LogP contribution >= 0.6 is 0 Å². The van der Waals surface area contributed by atoms with Crippen LogP contribution in [0.15, 0.2) is 126 Å². The van der Waals surface area contributed by atoms with Crippen molar-refractivity contribution in [1.29, 1.82) is 0 Å². The van der Waals surface area contributed by atoms with Crippen molar-refractivity contribution in [2.45, 2.75) is 16.2 Å². The second kappa shape index (κ2) is 10.0.